The summed E-state index contributed by atoms with van der Waals surface area (Å²) in [5.74, 6) is -0.683. The topological polar surface area (TPSA) is 40.5 Å². The molecule has 0 aromatic carbocycles. The number of unbranched alkanes of at least 4 members (excludes halogenated alkanes) is 18. The van der Waals surface area contributed by atoms with Crippen LogP contribution in [0.15, 0.2) is 12.2 Å². The Kier molecular flexibility index (Phi) is 25.7. The second-order valence-corrected chi connectivity index (χ2v) is 9.73. The lowest BCUT2D eigenvalue weighted by Crippen LogP contribution is -2.31. The van der Waals surface area contributed by atoms with E-state index in [4.69, 9.17) is 5.11 Å². The summed E-state index contributed by atoms with van der Waals surface area (Å²) in [7, 11) is 0. The van der Waals surface area contributed by atoms with Gasteiger partial charge in [-0.2, -0.15) is 0 Å². The highest BCUT2D eigenvalue weighted by Gasteiger charge is 2.08. The summed E-state index contributed by atoms with van der Waals surface area (Å²) in [5.41, 5.74) is 0. The van der Waals surface area contributed by atoms with E-state index in [9.17, 15) is 4.79 Å². The summed E-state index contributed by atoms with van der Waals surface area (Å²) in [6.45, 7) is 6.63. The first kappa shape index (κ1) is 31.2. The van der Waals surface area contributed by atoms with Crippen molar-refractivity contribution in [1.82, 2.24) is 4.90 Å². The molecule has 0 amide bonds. The molecule has 0 aliphatic rings. The van der Waals surface area contributed by atoms with Gasteiger partial charge in [0.05, 0.1) is 6.54 Å². The Morgan fingerprint density at radius 2 is 0.906 bits per heavy atom. The van der Waals surface area contributed by atoms with Crippen molar-refractivity contribution in [3.05, 3.63) is 12.2 Å². The van der Waals surface area contributed by atoms with Gasteiger partial charge in [0.25, 0.3) is 0 Å². The van der Waals surface area contributed by atoms with Crippen LogP contribution in [0.1, 0.15) is 149 Å². The molecule has 3 nitrogen and oxygen atoms in total. The van der Waals surface area contributed by atoms with E-state index in [1.54, 1.807) is 0 Å². The van der Waals surface area contributed by atoms with E-state index in [-0.39, 0.29) is 6.54 Å². The van der Waals surface area contributed by atoms with E-state index < -0.39 is 5.97 Å². The molecule has 3 heteroatoms. The van der Waals surface area contributed by atoms with Gasteiger partial charge in [-0.15, -0.1) is 0 Å². The Morgan fingerprint density at radius 1 is 0.562 bits per heavy atom. The Morgan fingerprint density at radius 3 is 1.28 bits per heavy atom. The van der Waals surface area contributed by atoms with Crippen molar-refractivity contribution in [2.75, 3.05) is 19.6 Å². The second kappa shape index (κ2) is 26.4. The van der Waals surface area contributed by atoms with Gasteiger partial charge in [-0.1, -0.05) is 122 Å². The van der Waals surface area contributed by atoms with Gasteiger partial charge in [-0.3, -0.25) is 9.69 Å². The standard InChI is InChI=1S/C29H57NO2/c1-3-5-7-9-11-12-13-14-15-16-17-18-19-20-21-23-25-27-30(28-29(31)32)26-24-22-10-8-6-4-2/h14-15H,3-13,16-28H2,1-2H3,(H,31,32)/b15-14-. The van der Waals surface area contributed by atoms with Crippen LogP contribution in [0.5, 0.6) is 0 Å². The van der Waals surface area contributed by atoms with Gasteiger partial charge >= 0.3 is 5.97 Å². The monoisotopic (exact) mass is 451 g/mol. The highest BCUT2D eigenvalue weighted by Crippen LogP contribution is 2.12. The Balaban J connectivity index is 3.48. The number of carboxylic acids is 1. The minimum atomic E-state index is -0.683. The SMILES string of the molecule is CCCCCCCC/C=C\CCCCCCCCCN(CCCCCCCC)CC(=O)O. The zero-order valence-electron chi connectivity index (χ0n) is 21.9. The van der Waals surface area contributed by atoms with Crippen LogP contribution >= 0.6 is 0 Å². The fraction of sp³-hybridized carbons (Fsp3) is 0.897. The molecule has 0 fully saturated rings. The maximum atomic E-state index is 11.1. The van der Waals surface area contributed by atoms with Crippen molar-refractivity contribution in [2.24, 2.45) is 0 Å². The van der Waals surface area contributed by atoms with E-state index in [2.05, 4.69) is 30.9 Å². The molecule has 32 heavy (non-hydrogen) atoms. The van der Waals surface area contributed by atoms with Gasteiger partial charge in [0.1, 0.15) is 0 Å². The minimum absolute atomic E-state index is 0.210. The average molecular weight is 452 g/mol. The molecule has 0 rings (SSSR count). The van der Waals surface area contributed by atoms with Crippen molar-refractivity contribution in [3.8, 4) is 0 Å². The molecule has 0 radical (unpaired) electrons. The van der Waals surface area contributed by atoms with Crippen LogP contribution < -0.4 is 0 Å². The zero-order chi connectivity index (χ0) is 23.5. The zero-order valence-corrected chi connectivity index (χ0v) is 21.9. The summed E-state index contributed by atoms with van der Waals surface area (Å²) >= 11 is 0. The molecule has 0 heterocycles. The summed E-state index contributed by atoms with van der Waals surface area (Å²) in [6.07, 6.45) is 32.3. The fourth-order valence-electron chi connectivity index (χ4n) is 4.34. The molecule has 0 saturated heterocycles. The van der Waals surface area contributed by atoms with Gasteiger partial charge in [0.2, 0.25) is 0 Å². The molecule has 0 aromatic rings. The number of aliphatic carboxylic acids is 1. The van der Waals surface area contributed by atoms with Crippen LogP contribution in [-0.2, 0) is 4.79 Å². The third-order valence-corrected chi connectivity index (χ3v) is 6.42. The van der Waals surface area contributed by atoms with E-state index >= 15 is 0 Å². The number of carbonyl (C=O) groups is 1. The van der Waals surface area contributed by atoms with Crippen LogP contribution in [0.2, 0.25) is 0 Å². The third kappa shape index (κ3) is 25.4. The maximum absolute atomic E-state index is 11.1. The van der Waals surface area contributed by atoms with Crippen molar-refractivity contribution >= 4 is 5.97 Å². The molecule has 0 spiro atoms. The molecule has 0 bridgehead atoms. The molecular formula is C29H57NO2. The lowest BCUT2D eigenvalue weighted by atomic mass is 10.1. The van der Waals surface area contributed by atoms with Crippen molar-refractivity contribution < 1.29 is 9.90 Å². The lowest BCUT2D eigenvalue weighted by Gasteiger charge is -2.20. The van der Waals surface area contributed by atoms with Crippen LogP contribution in [0, 0.1) is 0 Å². The number of carboxylic acid groups (broad SMARTS) is 1. The first-order valence-electron chi connectivity index (χ1n) is 14.3. The van der Waals surface area contributed by atoms with E-state index in [1.807, 2.05) is 0 Å². The van der Waals surface area contributed by atoms with E-state index in [1.165, 1.54) is 122 Å². The Bertz CT molecular complexity index is 408. The number of allylic oxidation sites excluding steroid dienone is 2. The quantitative estimate of drug-likeness (QED) is 0.105. The highest BCUT2D eigenvalue weighted by atomic mass is 16.4. The fourth-order valence-corrected chi connectivity index (χ4v) is 4.34. The molecular weight excluding hydrogens is 394 g/mol. The largest absolute Gasteiger partial charge is 0.480 e. The first-order chi connectivity index (χ1) is 15.7. The third-order valence-electron chi connectivity index (χ3n) is 6.42. The van der Waals surface area contributed by atoms with E-state index in [0.29, 0.717) is 0 Å². The second-order valence-electron chi connectivity index (χ2n) is 9.73. The van der Waals surface area contributed by atoms with Gasteiger partial charge < -0.3 is 5.11 Å². The minimum Gasteiger partial charge on any atom is -0.480 e. The smallest absolute Gasteiger partial charge is 0.317 e. The van der Waals surface area contributed by atoms with E-state index in [0.717, 1.165) is 25.9 Å². The molecule has 190 valence electrons. The molecule has 0 saturated carbocycles. The first-order valence-corrected chi connectivity index (χ1v) is 14.3. The van der Waals surface area contributed by atoms with Crippen LogP contribution in [0.25, 0.3) is 0 Å². The normalized spacial score (nSPS) is 11.7. The van der Waals surface area contributed by atoms with Crippen molar-refractivity contribution in [3.63, 3.8) is 0 Å². The molecule has 0 aliphatic heterocycles. The maximum Gasteiger partial charge on any atom is 0.317 e. The van der Waals surface area contributed by atoms with Crippen molar-refractivity contribution in [1.29, 1.82) is 0 Å². The van der Waals surface area contributed by atoms with Gasteiger partial charge in [-0.25, -0.2) is 0 Å². The molecule has 0 unspecified atom stereocenters. The van der Waals surface area contributed by atoms with Gasteiger partial charge in [-0.05, 0) is 51.6 Å². The summed E-state index contributed by atoms with van der Waals surface area (Å²) in [4.78, 5) is 13.3. The summed E-state index contributed by atoms with van der Waals surface area (Å²) in [6, 6.07) is 0. The number of hydrogen-bond donors (Lipinski definition) is 1. The number of nitrogens with zero attached hydrogens (tertiary/aromatic N) is 1. The lowest BCUT2D eigenvalue weighted by molar-refractivity contribution is -0.138. The molecule has 0 aliphatic carbocycles. The average Bonchev–Trinajstić information content (AvgIpc) is 2.77. The van der Waals surface area contributed by atoms with Gasteiger partial charge in [0.15, 0.2) is 0 Å². The predicted octanol–water partition coefficient (Wildman–Crippen LogP) is 9.16. The van der Waals surface area contributed by atoms with Crippen molar-refractivity contribution in [2.45, 2.75) is 149 Å². The Labute approximate surface area is 201 Å². The predicted molar refractivity (Wildman–Crippen MR) is 142 cm³/mol. The molecule has 1 N–H and O–H groups in total. The highest BCUT2D eigenvalue weighted by molar-refractivity contribution is 5.69. The number of rotatable bonds is 26. The molecule has 0 aromatic heterocycles. The number of hydrogen-bond acceptors (Lipinski definition) is 2. The van der Waals surface area contributed by atoms with Crippen LogP contribution in [0.3, 0.4) is 0 Å². The summed E-state index contributed by atoms with van der Waals surface area (Å²) < 4.78 is 0. The van der Waals surface area contributed by atoms with Crippen LogP contribution in [0.4, 0.5) is 0 Å². The van der Waals surface area contributed by atoms with Gasteiger partial charge in [0, 0.05) is 0 Å². The van der Waals surface area contributed by atoms with Crippen LogP contribution in [-0.4, -0.2) is 35.6 Å². The molecule has 0 atom stereocenters. The Hall–Kier alpha value is -0.830. The summed E-state index contributed by atoms with van der Waals surface area (Å²) in [5, 5.41) is 9.15.